The number of sulfonamides is 1. The summed E-state index contributed by atoms with van der Waals surface area (Å²) < 4.78 is 32.5. The zero-order valence-corrected chi connectivity index (χ0v) is 19.8. The second-order valence-electron chi connectivity index (χ2n) is 7.50. The van der Waals surface area contributed by atoms with Crippen molar-refractivity contribution in [1.82, 2.24) is 9.21 Å². The predicted octanol–water partition coefficient (Wildman–Crippen LogP) is 2.09. The van der Waals surface area contributed by atoms with E-state index < -0.39 is 21.9 Å². The Labute approximate surface area is 192 Å². The zero-order valence-electron chi connectivity index (χ0n) is 18.1. The average molecular weight is 482 g/mol. The standard InChI is InChI=1S/C21H27N3O6S2/c1-3-30-21(27)12-20-24(19(26)14-31-20)13-18(25)22-16-8-7-15(2)17(11-16)32(28,29)23-9-5-4-6-10-23/h7-8,11-12H,3-6,9-10,13-14H2,1-2H3,(H,22,25)/b20-12-. The van der Waals surface area contributed by atoms with Gasteiger partial charge in [-0.15, -0.1) is 0 Å². The molecule has 0 aromatic heterocycles. The third-order valence-corrected chi connectivity index (χ3v) is 8.21. The molecule has 0 atom stereocenters. The highest BCUT2D eigenvalue weighted by atomic mass is 32.2. The number of aryl methyl sites for hydroxylation is 1. The maximum Gasteiger partial charge on any atom is 0.333 e. The molecule has 3 rings (SSSR count). The maximum atomic E-state index is 13.1. The summed E-state index contributed by atoms with van der Waals surface area (Å²) in [4.78, 5) is 37.9. The van der Waals surface area contributed by atoms with Crippen LogP contribution in [0.4, 0.5) is 5.69 Å². The highest BCUT2D eigenvalue weighted by molar-refractivity contribution is 8.04. The summed E-state index contributed by atoms with van der Waals surface area (Å²) in [6, 6.07) is 4.72. The molecule has 1 aromatic carbocycles. The quantitative estimate of drug-likeness (QED) is 0.469. The lowest BCUT2D eigenvalue weighted by atomic mass is 10.2. The van der Waals surface area contributed by atoms with E-state index in [4.69, 9.17) is 4.74 Å². The van der Waals surface area contributed by atoms with Gasteiger partial charge in [0.15, 0.2) is 0 Å². The van der Waals surface area contributed by atoms with Gasteiger partial charge in [-0.3, -0.25) is 14.5 Å². The van der Waals surface area contributed by atoms with Gasteiger partial charge in [0.1, 0.15) is 6.54 Å². The topological polar surface area (TPSA) is 113 Å². The number of nitrogens with one attached hydrogen (secondary N) is 1. The molecule has 2 fully saturated rings. The summed E-state index contributed by atoms with van der Waals surface area (Å²) in [5, 5.41) is 3.01. The van der Waals surface area contributed by atoms with Crippen molar-refractivity contribution < 1.29 is 27.5 Å². The predicted molar refractivity (Wildman–Crippen MR) is 121 cm³/mol. The molecule has 1 aromatic rings. The molecule has 0 saturated carbocycles. The van der Waals surface area contributed by atoms with E-state index >= 15 is 0 Å². The van der Waals surface area contributed by atoms with E-state index in [1.807, 2.05) is 0 Å². The van der Waals surface area contributed by atoms with Gasteiger partial charge < -0.3 is 10.1 Å². The maximum absolute atomic E-state index is 13.1. The smallest absolute Gasteiger partial charge is 0.333 e. The summed E-state index contributed by atoms with van der Waals surface area (Å²) in [6.45, 7) is 4.28. The van der Waals surface area contributed by atoms with Crippen molar-refractivity contribution >= 4 is 45.3 Å². The molecule has 2 amide bonds. The molecule has 2 heterocycles. The number of hydrogen-bond donors (Lipinski definition) is 1. The zero-order chi connectivity index (χ0) is 23.3. The van der Waals surface area contributed by atoms with E-state index in [1.54, 1.807) is 26.0 Å². The molecule has 9 nitrogen and oxygen atoms in total. The Balaban J connectivity index is 1.73. The number of carbonyl (C=O) groups is 3. The van der Waals surface area contributed by atoms with Crippen molar-refractivity contribution in [2.45, 2.75) is 38.0 Å². The third kappa shape index (κ3) is 5.70. The van der Waals surface area contributed by atoms with Crippen LogP contribution in [0.3, 0.4) is 0 Å². The van der Waals surface area contributed by atoms with Gasteiger partial charge in [-0.1, -0.05) is 24.2 Å². The monoisotopic (exact) mass is 481 g/mol. The Morgan fingerprint density at radius 2 is 1.94 bits per heavy atom. The number of benzene rings is 1. The lowest BCUT2D eigenvalue weighted by molar-refractivity contribution is -0.137. The molecule has 2 aliphatic heterocycles. The minimum atomic E-state index is -3.66. The Bertz CT molecular complexity index is 1030. The number of rotatable bonds is 7. The molecular weight excluding hydrogens is 454 g/mol. The number of anilines is 1. The number of amides is 2. The van der Waals surface area contributed by atoms with E-state index in [0.717, 1.165) is 31.0 Å². The van der Waals surface area contributed by atoms with Gasteiger partial charge in [-0.2, -0.15) is 4.31 Å². The van der Waals surface area contributed by atoms with Gasteiger partial charge in [0.2, 0.25) is 21.8 Å². The molecule has 11 heteroatoms. The number of thioether (sulfide) groups is 1. The van der Waals surface area contributed by atoms with Crippen molar-refractivity contribution in [3.8, 4) is 0 Å². The number of esters is 1. The normalized spacial score (nSPS) is 18.8. The van der Waals surface area contributed by atoms with Crippen LogP contribution >= 0.6 is 11.8 Å². The fourth-order valence-electron chi connectivity index (χ4n) is 3.53. The first-order chi connectivity index (χ1) is 15.2. The molecule has 2 saturated heterocycles. The van der Waals surface area contributed by atoms with Crippen LogP contribution in [0.25, 0.3) is 0 Å². The molecule has 2 aliphatic rings. The van der Waals surface area contributed by atoms with E-state index in [1.165, 1.54) is 21.3 Å². The SMILES string of the molecule is CCOC(=O)/C=C1\SCC(=O)N1CC(=O)Nc1ccc(C)c(S(=O)(=O)N2CCCCC2)c1. The second-order valence-corrected chi connectivity index (χ2v) is 10.4. The van der Waals surface area contributed by atoms with Gasteiger partial charge in [-0.05, 0) is 44.4 Å². The van der Waals surface area contributed by atoms with Crippen LogP contribution in [0.1, 0.15) is 31.7 Å². The molecule has 174 valence electrons. The molecule has 0 bridgehead atoms. The lowest BCUT2D eigenvalue weighted by Crippen LogP contribution is -2.36. The van der Waals surface area contributed by atoms with Crippen LogP contribution in [-0.4, -0.2) is 67.4 Å². The first kappa shape index (κ1) is 24.3. The summed E-state index contributed by atoms with van der Waals surface area (Å²) in [5.41, 5.74) is 0.922. The molecule has 32 heavy (non-hydrogen) atoms. The minimum Gasteiger partial charge on any atom is -0.463 e. The van der Waals surface area contributed by atoms with E-state index in [9.17, 15) is 22.8 Å². The van der Waals surface area contributed by atoms with Gasteiger partial charge in [0.25, 0.3) is 0 Å². The van der Waals surface area contributed by atoms with E-state index in [-0.39, 0.29) is 29.7 Å². The Hall–Kier alpha value is -2.37. The van der Waals surface area contributed by atoms with Crippen LogP contribution in [0.5, 0.6) is 0 Å². The summed E-state index contributed by atoms with van der Waals surface area (Å²) in [6.07, 6.45) is 3.87. The number of carbonyl (C=O) groups excluding carboxylic acids is 3. The number of piperidine rings is 1. The van der Waals surface area contributed by atoms with Gasteiger partial charge >= 0.3 is 5.97 Å². The van der Waals surface area contributed by atoms with E-state index in [0.29, 0.717) is 29.4 Å². The van der Waals surface area contributed by atoms with Gasteiger partial charge in [0, 0.05) is 18.8 Å². The molecule has 0 unspecified atom stereocenters. The fraction of sp³-hybridized carbons (Fsp3) is 0.476. The largest absolute Gasteiger partial charge is 0.463 e. The first-order valence-electron chi connectivity index (χ1n) is 10.4. The Kier molecular flexibility index (Phi) is 7.96. The molecular formula is C21H27N3O6S2. The summed E-state index contributed by atoms with van der Waals surface area (Å²) in [7, 11) is -3.66. The van der Waals surface area contributed by atoms with Crippen LogP contribution in [0, 0.1) is 6.92 Å². The van der Waals surface area contributed by atoms with Crippen molar-refractivity contribution in [3.05, 3.63) is 34.9 Å². The fourth-order valence-corrected chi connectivity index (χ4v) is 6.23. The molecule has 1 N–H and O–H groups in total. The highest BCUT2D eigenvalue weighted by Crippen LogP contribution is 2.29. The minimum absolute atomic E-state index is 0.126. The van der Waals surface area contributed by atoms with Crippen molar-refractivity contribution in [2.24, 2.45) is 0 Å². The van der Waals surface area contributed by atoms with Crippen molar-refractivity contribution in [2.75, 3.05) is 37.3 Å². The van der Waals surface area contributed by atoms with Gasteiger partial charge in [-0.25, -0.2) is 13.2 Å². The number of nitrogens with zero attached hydrogens (tertiary/aromatic N) is 2. The van der Waals surface area contributed by atoms with E-state index in [2.05, 4.69) is 5.32 Å². The third-order valence-electron chi connectivity index (χ3n) is 5.15. The second kappa shape index (κ2) is 10.5. The number of hydrogen-bond acceptors (Lipinski definition) is 7. The lowest BCUT2D eigenvalue weighted by Gasteiger charge is -2.26. The molecule has 0 spiro atoms. The molecule has 0 radical (unpaired) electrons. The van der Waals surface area contributed by atoms with Crippen molar-refractivity contribution in [3.63, 3.8) is 0 Å². The van der Waals surface area contributed by atoms with Crippen LogP contribution < -0.4 is 5.32 Å². The first-order valence-corrected chi connectivity index (χ1v) is 12.9. The average Bonchev–Trinajstić information content (AvgIpc) is 3.09. The number of ether oxygens (including phenoxy) is 1. The van der Waals surface area contributed by atoms with Gasteiger partial charge in [0.05, 0.1) is 28.4 Å². The van der Waals surface area contributed by atoms with Crippen LogP contribution in [0.2, 0.25) is 0 Å². The summed E-state index contributed by atoms with van der Waals surface area (Å²) >= 11 is 1.16. The van der Waals surface area contributed by atoms with Crippen molar-refractivity contribution in [1.29, 1.82) is 0 Å². The Morgan fingerprint density at radius 3 is 2.62 bits per heavy atom. The van der Waals surface area contributed by atoms with Crippen LogP contribution in [0.15, 0.2) is 34.2 Å². The van der Waals surface area contributed by atoms with Crippen LogP contribution in [-0.2, 0) is 29.1 Å². The highest BCUT2D eigenvalue weighted by Gasteiger charge is 2.30. The molecule has 0 aliphatic carbocycles. The summed E-state index contributed by atoms with van der Waals surface area (Å²) in [5.74, 6) is -1.25. The Morgan fingerprint density at radius 1 is 1.22 bits per heavy atom.